The summed E-state index contributed by atoms with van der Waals surface area (Å²) in [7, 11) is 0. The van der Waals surface area contributed by atoms with Gasteiger partial charge >= 0.3 is 5.97 Å². The van der Waals surface area contributed by atoms with Crippen LogP contribution in [0.15, 0.2) is 42.5 Å². The van der Waals surface area contributed by atoms with E-state index >= 15 is 0 Å². The van der Waals surface area contributed by atoms with Crippen molar-refractivity contribution in [3.63, 3.8) is 0 Å². The van der Waals surface area contributed by atoms with Crippen molar-refractivity contribution in [3.05, 3.63) is 53.6 Å². The fourth-order valence-electron chi connectivity index (χ4n) is 2.73. The van der Waals surface area contributed by atoms with Crippen molar-refractivity contribution in [2.24, 2.45) is 0 Å². The van der Waals surface area contributed by atoms with Gasteiger partial charge in [-0.05, 0) is 49.1 Å². The monoisotopic (exact) mass is 308 g/mol. The lowest BCUT2D eigenvalue weighted by molar-refractivity contribution is 0.0731. The van der Waals surface area contributed by atoms with E-state index in [1.165, 1.54) is 6.07 Å². The number of para-hydroxylation sites is 1. The Bertz CT molecular complexity index is 790. The predicted molar refractivity (Wildman–Crippen MR) is 85.1 cm³/mol. The largest absolute Gasteiger partial charge is 0.505 e. The summed E-state index contributed by atoms with van der Waals surface area (Å²) in [6.07, 6.45) is 2.40. The average molecular weight is 308 g/mol. The number of nitrogens with zero attached hydrogens (tertiary/aromatic N) is 1. The van der Waals surface area contributed by atoms with Gasteiger partial charge in [0.15, 0.2) is 5.75 Å². The van der Waals surface area contributed by atoms with Gasteiger partial charge in [0.1, 0.15) is 11.3 Å². The molecule has 5 nitrogen and oxygen atoms in total. The molecule has 116 valence electrons. The highest BCUT2D eigenvalue weighted by Crippen LogP contribution is 2.45. The number of esters is 1. The molecule has 0 radical (unpaired) electrons. The normalized spacial score (nSPS) is 15.3. The fourth-order valence-corrected chi connectivity index (χ4v) is 2.73. The molecule has 23 heavy (non-hydrogen) atoms. The van der Waals surface area contributed by atoms with Crippen LogP contribution in [-0.2, 0) is 5.41 Å². The first-order valence-corrected chi connectivity index (χ1v) is 7.37. The van der Waals surface area contributed by atoms with Crippen LogP contribution < -0.4 is 10.5 Å². The Morgan fingerprint density at radius 2 is 1.96 bits per heavy atom. The Labute approximate surface area is 133 Å². The maximum atomic E-state index is 12.3. The van der Waals surface area contributed by atoms with Crippen molar-refractivity contribution in [3.8, 4) is 17.6 Å². The molecule has 0 amide bonds. The number of nitriles is 1. The molecule has 1 aliphatic rings. The van der Waals surface area contributed by atoms with Crippen LogP contribution in [0, 0.1) is 11.3 Å². The number of aromatic hydroxyl groups is 1. The first kappa shape index (κ1) is 14.9. The summed E-state index contributed by atoms with van der Waals surface area (Å²) in [5, 5.41) is 19.5. The minimum atomic E-state index is -0.699. The van der Waals surface area contributed by atoms with E-state index in [1.807, 2.05) is 0 Å². The standard InChI is InChI=1S/C18H16N2O3/c19-11-18(7-4-8-18)12-9-14(16(21)15(20)10-12)17(22)23-13-5-2-1-3-6-13/h1-3,5-6,9-10,21H,4,7-8,20H2. The van der Waals surface area contributed by atoms with Crippen molar-refractivity contribution < 1.29 is 14.6 Å². The van der Waals surface area contributed by atoms with Gasteiger partial charge in [-0.2, -0.15) is 5.26 Å². The number of hydrogen-bond acceptors (Lipinski definition) is 5. The number of carbonyl (C=O) groups excluding carboxylic acids is 1. The molecule has 0 saturated heterocycles. The van der Waals surface area contributed by atoms with Crippen molar-refractivity contribution >= 4 is 11.7 Å². The first-order valence-electron chi connectivity index (χ1n) is 7.37. The molecular weight excluding hydrogens is 292 g/mol. The van der Waals surface area contributed by atoms with E-state index in [2.05, 4.69) is 6.07 Å². The fraction of sp³-hybridized carbons (Fsp3) is 0.222. The lowest BCUT2D eigenvalue weighted by Crippen LogP contribution is -2.32. The van der Waals surface area contributed by atoms with Crippen LogP contribution in [-0.4, -0.2) is 11.1 Å². The van der Waals surface area contributed by atoms with E-state index in [4.69, 9.17) is 10.5 Å². The van der Waals surface area contributed by atoms with Crippen LogP contribution >= 0.6 is 0 Å². The second-order valence-electron chi connectivity index (χ2n) is 5.71. The SMILES string of the molecule is N#CC1(c2cc(N)c(O)c(C(=O)Oc3ccccc3)c2)CCC1. The molecule has 0 heterocycles. The molecule has 1 saturated carbocycles. The van der Waals surface area contributed by atoms with Gasteiger partial charge in [-0.3, -0.25) is 0 Å². The number of phenolic OH excluding ortho intramolecular Hbond substituents is 1. The van der Waals surface area contributed by atoms with Gasteiger partial charge in [-0.25, -0.2) is 4.79 Å². The molecule has 0 atom stereocenters. The van der Waals surface area contributed by atoms with Gasteiger partial charge in [0.05, 0.1) is 17.2 Å². The number of carbonyl (C=O) groups is 1. The van der Waals surface area contributed by atoms with E-state index in [9.17, 15) is 15.2 Å². The summed E-state index contributed by atoms with van der Waals surface area (Å²) in [5.74, 6) is -0.642. The second-order valence-corrected chi connectivity index (χ2v) is 5.71. The quantitative estimate of drug-likeness (QED) is 0.393. The molecule has 2 aromatic carbocycles. The number of anilines is 1. The highest BCUT2D eigenvalue weighted by Gasteiger charge is 2.40. The molecule has 3 N–H and O–H groups in total. The molecule has 0 aliphatic heterocycles. The Hall–Kier alpha value is -3.00. The third kappa shape index (κ3) is 2.59. The molecule has 2 aromatic rings. The zero-order valence-corrected chi connectivity index (χ0v) is 12.5. The summed E-state index contributed by atoms with van der Waals surface area (Å²) in [6, 6.07) is 14.0. The predicted octanol–water partition coefficient (Wildman–Crippen LogP) is 3.14. The Morgan fingerprint density at radius 1 is 1.26 bits per heavy atom. The highest BCUT2D eigenvalue weighted by atomic mass is 16.5. The van der Waals surface area contributed by atoms with Crippen molar-refractivity contribution in [1.82, 2.24) is 0 Å². The Morgan fingerprint density at radius 3 is 2.52 bits per heavy atom. The van der Waals surface area contributed by atoms with Crippen LogP contribution in [0.5, 0.6) is 11.5 Å². The molecule has 1 fully saturated rings. The molecule has 3 rings (SSSR count). The Kier molecular flexibility index (Phi) is 3.67. The minimum absolute atomic E-state index is 0.0228. The number of hydrogen-bond donors (Lipinski definition) is 2. The molecule has 0 aromatic heterocycles. The summed E-state index contributed by atoms with van der Waals surface area (Å²) in [6.45, 7) is 0. The first-order chi connectivity index (χ1) is 11.1. The van der Waals surface area contributed by atoms with E-state index in [-0.39, 0.29) is 17.0 Å². The average Bonchev–Trinajstić information content (AvgIpc) is 2.51. The maximum absolute atomic E-state index is 12.3. The topological polar surface area (TPSA) is 96.3 Å². The van der Waals surface area contributed by atoms with Gasteiger partial charge in [0.2, 0.25) is 0 Å². The maximum Gasteiger partial charge on any atom is 0.347 e. The lowest BCUT2D eigenvalue weighted by atomic mass is 9.65. The summed E-state index contributed by atoms with van der Waals surface area (Å²) in [5.41, 5.74) is 5.90. The van der Waals surface area contributed by atoms with Crippen molar-refractivity contribution in [2.75, 3.05) is 5.73 Å². The van der Waals surface area contributed by atoms with Gasteiger partial charge in [0.25, 0.3) is 0 Å². The second kappa shape index (κ2) is 5.65. The van der Waals surface area contributed by atoms with Crippen LogP contribution in [0.2, 0.25) is 0 Å². The van der Waals surface area contributed by atoms with Crippen molar-refractivity contribution in [2.45, 2.75) is 24.7 Å². The molecule has 0 bridgehead atoms. The van der Waals surface area contributed by atoms with Crippen LogP contribution in [0.1, 0.15) is 35.2 Å². The number of nitrogens with two attached hydrogens (primary N) is 1. The van der Waals surface area contributed by atoms with Gasteiger partial charge in [-0.15, -0.1) is 0 Å². The van der Waals surface area contributed by atoms with E-state index in [0.29, 0.717) is 11.3 Å². The number of benzene rings is 2. The number of ether oxygens (including phenoxy) is 1. The lowest BCUT2D eigenvalue weighted by Gasteiger charge is -2.36. The van der Waals surface area contributed by atoms with E-state index in [1.54, 1.807) is 36.4 Å². The van der Waals surface area contributed by atoms with Gasteiger partial charge in [-0.1, -0.05) is 18.2 Å². The third-order valence-corrected chi connectivity index (χ3v) is 4.29. The smallest absolute Gasteiger partial charge is 0.347 e. The number of phenols is 1. The van der Waals surface area contributed by atoms with Crippen molar-refractivity contribution in [1.29, 1.82) is 5.26 Å². The molecule has 0 spiro atoms. The third-order valence-electron chi connectivity index (χ3n) is 4.29. The van der Waals surface area contributed by atoms with E-state index in [0.717, 1.165) is 19.3 Å². The molecular formula is C18H16N2O3. The van der Waals surface area contributed by atoms with E-state index < -0.39 is 11.4 Å². The molecule has 1 aliphatic carbocycles. The van der Waals surface area contributed by atoms with Crippen LogP contribution in [0.25, 0.3) is 0 Å². The van der Waals surface area contributed by atoms with Crippen LogP contribution in [0.4, 0.5) is 5.69 Å². The number of nitrogen functional groups attached to an aromatic ring is 1. The van der Waals surface area contributed by atoms with Gasteiger partial charge in [0, 0.05) is 0 Å². The van der Waals surface area contributed by atoms with Crippen LogP contribution in [0.3, 0.4) is 0 Å². The summed E-state index contributed by atoms with van der Waals surface area (Å²) >= 11 is 0. The highest BCUT2D eigenvalue weighted by molar-refractivity contribution is 5.96. The molecule has 0 unspecified atom stereocenters. The zero-order valence-electron chi connectivity index (χ0n) is 12.5. The minimum Gasteiger partial charge on any atom is -0.505 e. The number of rotatable bonds is 3. The zero-order chi connectivity index (χ0) is 16.4. The molecule has 5 heteroatoms. The summed E-state index contributed by atoms with van der Waals surface area (Å²) < 4.78 is 5.25. The summed E-state index contributed by atoms with van der Waals surface area (Å²) in [4.78, 5) is 12.3. The van der Waals surface area contributed by atoms with Gasteiger partial charge < -0.3 is 15.6 Å². The Balaban J connectivity index is 1.97.